The van der Waals surface area contributed by atoms with Gasteiger partial charge in [-0.05, 0) is 49.9 Å². The minimum absolute atomic E-state index is 0.0157. The lowest BCUT2D eigenvalue weighted by atomic mass is 9.96. The molecule has 142 valence electrons. The van der Waals surface area contributed by atoms with E-state index in [4.69, 9.17) is 4.98 Å². The quantitative estimate of drug-likeness (QED) is 0.580. The van der Waals surface area contributed by atoms with Crippen molar-refractivity contribution in [2.75, 3.05) is 13.1 Å². The lowest BCUT2D eigenvalue weighted by molar-refractivity contribution is 0.0706. The van der Waals surface area contributed by atoms with E-state index in [-0.39, 0.29) is 5.91 Å². The molecule has 0 spiro atoms. The molecule has 1 aliphatic heterocycles. The Balaban J connectivity index is 1.32. The fourth-order valence-electron chi connectivity index (χ4n) is 4.16. The number of pyridine rings is 1. The number of nitrogens with one attached hydrogen (secondary N) is 1. The molecule has 0 atom stereocenters. The Hall–Kier alpha value is -3.15. The second-order valence-electron chi connectivity index (χ2n) is 7.71. The van der Waals surface area contributed by atoms with Gasteiger partial charge in [0.2, 0.25) is 0 Å². The van der Waals surface area contributed by atoms with Crippen molar-refractivity contribution in [2.45, 2.75) is 32.6 Å². The topological polar surface area (TPSA) is 66.3 Å². The number of benzene rings is 1. The highest BCUT2D eigenvalue weighted by Crippen LogP contribution is 2.29. The summed E-state index contributed by atoms with van der Waals surface area (Å²) in [6.07, 6.45) is 5.59. The summed E-state index contributed by atoms with van der Waals surface area (Å²) in [5.41, 5.74) is 5.77. The third kappa shape index (κ3) is 2.76. The first-order valence-electron chi connectivity index (χ1n) is 9.79. The van der Waals surface area contributed by atoms with Gasteiger partial charge in [-0.1, -0.05) is 18.2 Å². The Morgan fingerprint density at radius 2 is 1.86 bits per heavy atom. The largest absolute Gasteiger partial charge is 0.342 e. The van der Waals surface area contributed by atoms with Crippen molar-refractivity contribution in [1.82, 2.24) is 24.3 Å². The Morgan fingerprint density at radius 3 is 2.61 bits per heavy atom. The van der Waals surface area contributed by atoms with Crippen LogP contribution in [0.2, 0.25) is 0 Å². The normalized spacial score (nSPS) is 15.6. The van der Waals surface area contributed by atoms with E-state index in [9.17, 15) is 4.79 Å². The van der Waals surface area contributed by atoms with Crippen LogP contribution in [0, 0.1) is 13.8 Å². The van der Waals surface area contributed by atoms with Crippen molar-refractivity contribution in [1.29, 1.82) is 0 Å². The van der Waals surface area contributed by atoms with Gasteiger partial charge >= 0.3 is 0 Å². The number of amides is 1. The minimum atomic E-state index is 0.0157. The van der Waals surface area contributed by atoms with Gasteiger partial charge in [0.15, 0.2) is 0 Å². The zero-order valence-electron chi connectivity index (χ0n) is 16.1. The van der Waals surface area contributed by atoms with Gasteiger partial charge in [-0.25, -0.2) is 9.97 Å². The average molecular weight is 373 g/mol. The van der Waals surface area contributed by atoms with E-state index in [0.29, 0.717) is 11.6 Å². The van der Waals surface area contributed by atoms with E-state index >= 15 is 0 Å². The van der Waals surface area contributed by atoms with Gasteiger partial charge in [0.25, 0.3) is 5.91 Å². The lowest BCUT2D eigenvalue weighted by Gasteiger charge is -2.30. The van der Waals surface area contributed by atoms with Crippen molar-refractivity contribution in [3.63, 3.8) is 0 Å². The number of imidazole rings is 2. The number of likely N-dealkylation sites (tertiary alicyclic amines) is 1. The first kappa shape index (κ1) is 17.0. The number of aryl methyl sites for hydroxylation is 2. The molecule has 1 aromatic carbocycles. The number of aromatic nitrogens is 4. The number of carbonyl (C=O) groups excluding carboxylic acids is 1. The molecule has 6 nitrogen and oxygen atoms in total. The summed E-state index contributed by atoms with van der Waals surface area (Å²) in [7, 11) is 0. The van der Waals surface area contributed by atoms with Gasteiger partial charge in [-0.2, -0.15) is 0 Å². The predicted octanol–water partition coefficient (Wildman–Crippen LogP) is 3.85. The summed E-state index contributed by atoms with van der Waals surface area (Å²) in [6, 6.07) is 10.2. The minimum Gasteiger partial charge on any atom is -0.342 e. The van der Waals surface area contributed by atoms with Crippen molar-refractivity contribution in [3.05, 3.63) is 65.4 Å². The molecule has 1 fully saturated rings. The number of rotatable bonds is 2. The fraction of sp³-hybridized carbons (Fsp3) is 0.318. The highest BCUT2D eigenvalue weighted by molar-refractivity contribution is 5.93. The maximum atomic E-state index is 12.9. The molecule has 3 aromatic heterocycles. The monoisotopic (exact) mass is 373 g/mol. The van der Waals surface area contributed by atoms with Crippen LogP contribution in [0.1, 0.15) is 46.2 Å². The van der Waals surface area contributed by atoms with Gasteiger partial charge in [-0.3, -0.25) is 4.79 Å². The van der Waals surface area contributed by atoms with Crippen LogP contribution in [-0.4, -0.2) is 43.2 Å². The molecular formula is C22H23N5O. The van der Waals surface area contributed by atoms with E-state index in [2.05, 4.69) is 35.1 Å². The zero-order chi connectivity index (χ0) is 19.3. The second-order valence-corrected chi connectivity index (χ2v) is 7.71. The Labute approximate surface area is 163 Å². The van der Waals surface area contributed by atoms with Crippen LogP contribution in [-0.2, 0) is 0 Å². The number of piperidine rings is 1. The van der Waals surface area contributed by atoms with Gasteiger partial charge in [-0.15, -0.1) is 0 Å². The molecule has 4 aromatic rings. The number of fused-ring (bicyclic) bond motifs is 2. The molecule has 1 saturated heterocycles. The molecule has 1 aliphatic rings. The third-order valence-electron chi connectivity index (χ3n) is 5.80. The summed E-state index contributed by atoms with van der Waals surface area (Å²) < 4.78 is 1.92. The molecule has 28 heavy (non-hydrogen) atoms. The van der Waals surface area contributed by atoms with Crippen LogP contribution in [0.25, 0.3) is 16.7 Å². The highest BCUT2D eigenvalue weighted by Gasteiger charge is 2.27. The van der Waals surface area contributed by atoms with Gasteiger partial charge in [0.1, 0.15) is 17.2 Å². The first-order chi connectivity index (χ1) is 13.6. The number of hydrogen-bond donors (Lipinski definition) is 1. The Morgan fingerprint density at radius 1 is 1.07 bits per heavy atom. The smallest absolute Gasteiger partial charge is 0.274 e. The van der Waals surface area contributed by atoms with E-state index in [0.717, 1.165) is 54.0 Å². The fourth-order valence-corrected chi connectivity index (χ4v) is 4.16. The third-order valence-corrected chi connectivity index (χ3v) is 5.80. The SMILES string of the molecule is Cc1cccc2[nH]c(C3CCN(C(=O)c4cn5cccc(C)c5n4)CC3)nc12. The molecule has 0 aliphatic carbocycles. The summed E-state index contributed by atoms with van der Waals surface area (Å²) in [4.78, 5) is 27.7. The van der Waals surface area contributed by atoms with E-state index in [1.54, 1.807) is 0 Å². The summed E-state index contributed by atoms with van der Waals surface area (Å²) >= 11 is 0. The first-order valence-corrected chi connectivity index (χ1v) is 9.79. The van der Waals surface area contributed by atoms with Crippen LogP contribution in [0.15, 0.2) is 42.7 Å². The maximum absolute atomic E-state index is 12.9. The number of carbonyl (C=O) groups is 1. The molecule has 6 heteroatoms. The van der Waals surface area contributed by atoms with Crippen LogP contribution >= 0.6 is 0 Å². The van der Waals surface area contributed by atoms with E-state index in [1.807, 2.05) is 40.8 Å². The molecular weight excluding hydrogens is 350 g/mol. The van der Waals surface area contributed by atoms with E-state index < -0.39 is 0 Å². The predicted molar refractivity (Wildman–Crippen MR) is 109 cm³/mol. The molecule has 0 radical (unpaired) electrons. The van der Waals surface area contributed by atoms with Gasteiger partial charge in [0.05, 0.1) is 11.0 Å². The maximum Gasteiger partial charge on any atom is 0.274 e. The molecule has 0 bridgehead atoms. The van der Waals surface area contributed by atoms with E-state index in [1.165, 1.54) is 5.56 Å². The highest BCUT2D eigenvalue weighted by atomic mass is 16.2. The zero-order valence-corrected chi connectivity index (χ0v) is 16.1. The molecule has 1 amide bonds. The number of nitrogens with zero attached hydrogens (tertiary/aromatic N) is 4. The van der Waals surface area contributed by atoms with Crippen LogP contribution in [0.5, 0.6) is 0 Å². The van der Waals surface area contributed by atoms with Crippen LogP contribution < -0.4 is 0 Å². The van der Waals surface area contributed by atoms with Crippen LogP contribution in [0.4, 0.5) is 0 Å². The number of H-pyrrole nitrogens is 1. The van der Waals surface area contributed by atoms with Crippen molar-refractivity contribution >= 4 is 22.6 Å². The summed E-state index contributed by atoms with van der Waals surface area (Å²) in [5.74, 6) is 1.42. The lowest BCUT2D eigenvalue weighted by Crippen LogP contribution is -2.38. The van der Waals surface area contributed by atoms with Crippen molar-refractivity contribution in [2.24, 2.45) is 0 Å². The Bertz CT molecular complexity index is 1180. The molecule has 1 N–H and O–H groups in total. The standard InChI is InChI=1S/C22H23N5O/c1-14-5-3-7-17-19(14)25-20(23-17)16-8-11-26(12-9-16)22(28)18-13-27-10-4-6-15(2)21(27)24-18/h3-7,10,13,16H,8-9,11-12H2,1-2H3,(H,23,25). The number of hydrogen-bond acceptors (Lipinski definition) is 3. The molecule has 0 unspecified atom stereocenters. The van der Waals surface area contributed by atoms with Gasteiger partial charge in [0, 0.05) is 31.4 Å². The number of aromatic amines is 1. The molecule has 4 heterocycles. The molecule has 5 rings (SSSR count). The second kappa shape index (κ2) is 6.48. The van der Waals surface area contributed by atoms with Crippen molar-refractivity contribution in [3.8, 4) is 0 Å². The average Bonchev–Trinajstić information content (AvgIpc) is 3.33. The Kier molecular flexibility index (Phi) is 3.93. The molecule has 0 saturated carbocycles. The summed E-state index contributed by atoms with van der Waals surface area (Å²) in [5, 5.41) is 0. The van der Waals surface area contributed by atoms with Crippen LogP contribution in [0.3, 0.4) is 0 Å². The van der Waals surface area contributed by atoms with Crippen molar-refractivity contribution < 1.29 is 4.79 Å². The summed E-state index contributed by atoms with van der Waals surface area (Å²) in [6.45, 7) is 5.56. The number of para-hydroxylation sites is 1. The van der Waals surface area contributed by atoms with Gasteiger partial charge < -0.3 is 14.3 Å².